The molecule has 5 heteroatoms. The number of aliphatic hydroxyl groups excluding tert-OH is 2. The summed E-state index contributed by atoms with van der Waals surface area (Å²) in [7, 11) is 0. The van der Waals surface area contributed by atoms with Gasteiger partial charge in [-0.3, -0.25) is 9.59 Å². The molecule has 5 aliphatic rings. The summed E-state index contributed by atoms with van der Waals surface area (Å²) < 4.78 is 0. The second-order valence-electron chi connectivity index (χ2n) is 14.7. The maximum absolute atomic E-state index is 13.3. The molecular formula is C34H49NO4. The molecule has 2 N–H and O–H groups in total. The lowest BCUT2D eigenvalue weighted by Gasteiger charge is -2.62. The minimum Gasteiger partial charge on any atom is -0.393 e. The van der Waals surface area contributed by atoms with E-state index in [4.69, 9.17) is 0 Å². The molecule has 4 saturated carbocycles. The molecule has 0 radical (unpaired) electrons. The van der Waals surface area contributed by atoms with Crippen molar-refractivity contribution >= 4 is 17.4 Å². The average molecular weight is 536 g/mol. The maximum Gasteiger partial charge on any atom is 0.227 e. The van der Waals surface area contributed by atoms with Crippen molar-refractivity contribution in [1.82, 2.24) is 0 Å². The number of benzene rings is 1. The van der Waals surface area contributed by atoms with Crippen molar-refractivity contribution in [2.45, 2.75) is 111 Å². The molecule has 4 aliphatic carbocycles. The molecule has 1 aromatic rings. The first-order valence-electron chi connectivity index (χ1n) is 15.8. The first-order valence-corrected chi connectivity index (χ1v) is 15.8. The predicted molar refractivity (Wildman–Crippen MR) is 154 cm³/mol. The molecule has 5 nitrogen and oxygen atoms in total. The highest BCUT2D eigenvalue weighted by Gasteiger charge is 2.62. The second-order valence-corrected chi connectivity index (χ2v) is 14.7. The van der Waals surface area contributed by atoms with Crippen molar-refractivity contribution in [3.8, 4) is 0 Å². The predicted octanol–water partition coefficient (Wildman–Crippen LogP) is 6.19. The van der Waals surface area contributed by atoms with Gasteiger partial charge in [0.25, 0.3) is 0 Å². The van der Waals surface area contributed by atoms with E-state index in [0.717, 1.165) is 55.3 Å². The number of aliphatic hydroxyl groups is 2. The Kier molecular flexibility index (Phi) is 7.02. The average Bonchev–Trinajstić information content (AvgIpc) is 3.48. The fraction of sp³-hybridized carbons (Fsp3) is 0.765. The van der Waals surface area contributed by atoms with Crippen LogP contribution in [-0.2, 0) is 11.2 Å². The van der Waals surface area contributed by atoms with Crippen LogP contribution in [-0.4, -0.2) is 40.7 Å². The van der Waals surface area contributed by atoms with Crippen molar-refractivity contribution in [2.75, 3.05) is 11.4 Å². The van der Waals surface area contributed by atoms with E-state index in [1.165, 1.54) is 25.7 Å². The quantitative estimate of drug-likeness (QED) is 0.441. The largest absolute Gasteiger partial charge is 0.393 e. The highest BCUT2D eigenvalue weighted by molar-refractivity contribution is 5.98. The highest BCUT2D eigenvalue weighted by atomic mass is 16.3. The Balaban J connectivity index is 1.12. The molecule has 214 valence electrons. The Hall–Kier alpha value is -1.72. The number of Topliss-reactive ketones (excluding diaryl/α,β-unsaturated/α-hetero) is 1. The van der Waals surface area contributed by atoms with E-state index in [-0.39, 0.29) is 34.7 Å². The Bertz CT molecular complexity index is 1130. The van der Waals surface area contributed by atoms with Crippen LogP contribution in [0.3, 0.4) is 0 Å². The molecule has 0 saturated heterocycles. The van der Waals surface area contributed by atoms with Crippen LogP contribution in [0.4, 0.5) is 5.69 Å². The summed E-state index contributed by atoms with van der Waals surface area (Å²) in [6, 6.07) is 5.76. The number of anilines is 1. The molecule has 0 spiro atoms. The Morgan fingerprint density at radius 2 is 1.77 bits per heavy atom. The minimum absolute atomic E-state index is 0.0704. The summed E-state index contributed by atoms with van der Waals surface area (Å²) in [6.07, 6.45) is 10.5. The van der Waals surface area contributed by atoms with E-state index in [0.29, 0.717) is 48.5 Å². The van der Waals surface area contributed by atoms with Crippen molar-refractivity contribution in [2.24, 2.45) is 46.3 Å². The SMILES string of the molecule is CC(=O)c1ccc2c(c1)CCN2C(=O)CC[C@@H](C)[C@H]1CC[C@H]2[C@@H]3[C@H](O)C[C@@H]4C[C@H](O)CC[C@]4(C)[C@H]3CC[C@]12C. The van der Waals surface area contributed by atoms with Crippen LogP contribution in [0.2, 0.25) is 0 Å². The number of ketones is 1. The van der Waals surface area contributed by atoms with Gasteiger partial charge in [0.15, 0.2) is 5.78 Å². The minimum atomic E-state index is -0.239. The molecule has 0 aromatic heterocycles. The maximum atomic E-state index is 13.3. The summed E-state index contributed by atoms with van der Waals surface area (Å²) in [5.74, 6) is 3.35. The Morgan fingerprint density at radius 3 is 2.54 bits per heavy atom. The van der Waals surface area contributed by atoms with Crippen LogP contribution in [0.1, 0.15) is 108 Å². The van der Waals surface area contributed by atoms with Gasteiger partial charge < -0.3 is 15.1 Å². The topological polar surface area (TPSA) is 77.8 Å². The molecule has 1 amide bonds. The molecule has 1 aromatic carbocycles. The van der Waals surface area contributed by atoms with Crippen LogP contribution in [0.5, 0.6) is 0 Å². The van der Waals surface area contributed by atoms with Gasteiger partial charge in [-0.2, -0.15) is 0 Å². The van der Waals surface area contributed by atoms with E-state index in [2.05, 4.69) is 20.8 Å². The van der Waals surface area contributed by atoms with E-state index in [1.807, 2.05) is 23.1 Å². The van der Waals surface area contributed by atoms with E-state index in [1.54, 1.807) is 6.92 Å². The monoisotopic (exact) mass is 535 g/mol. The van der Waals surface area contributed by atoms with Crippen LogP contribution in [0, 0.1) is 46.3 Å². The molecule has 1 heterocycles. The number of carbonyl (C=O) groups excluding carboxylic acids is 2. The fourth-order valence-electron chi connectivity index (χ4n) is 10.7. The van der Waals surface area contributed by atoms with Gasteiger partial charge >= 0.3 is 0 Å². The molecule has 0 bridgehead atoms. The number of nitrogens with zero attached hydrogens (tertiary/aromatic N) is 1. The molecule has 0 unspecified atom stereocenters. The van der Waals surface area contributed by atoms with E-state index < -0.39 is 0 Å². The third kappa shape index (κ3) is 4.41. The summed E-state index contributed by atoms with van der Waals surface area (Å²) >= 11 is 0. The highest BCUT2D eigenvalue weighted by Crippen LogP contribution is 2.68. The van der Waals surface area contributed by atoms with Gasteiger partial charge in [-0.15, -0.1) is 0 Å². The van der Waals surface area contributed by atoms with Gasteiger partial charge in [0, 0.05) is 24.2 Å². The lowest BCUT2D eigenvalue weighted by Crippen LogP contribution is -2.58. The van der Waals surface area contributed by atoms with Crippen LogP contribution >= 0.6 is 0 Å². The van der Waals surface area contributed by atoms with Crippen LogP contribution in [0.15, 0.2) is 18.2 Å². The molecule has 10 atom stereocenters. The van der Waals surface area contributed by atoms with Gasteiger partial charge in [-0.25, -0.2) is 0 Å². The number of fused-ring (bicyclic) bond motifs is 6. The molecule has 1 aliphatic heterocycles. The lowest BCUT2D eigenvalue weighted by molar-refractivity contribution is -0.174. The number of rotatable bonds is 5. The van der Waals surface area contributed by atoms with E-state index >= 15 is 0 Å². The van der Waals surface area contributed by atoms with Gasteiger partial charge in [0.1, 0.15) is 0 Å². The summed E-state index contributed by atoms with van der Waals surface area (Å²) in [4.78, 5) is 27.0. The third-order valence-corrected chi connectivity index (χ3v) is 12.9. The van der Waals surface area contributed by atoms with Crippen molar-refractivity contribution in [3.63, 3.8) is 0 Å². The Morgan fingerprint density at radius 1 is 1.03 bits per heavy atom. The summed E-state index contributed by atoms with van der Waals surface area (Å²) in [6.45, 7) is 9.67. The zero-order chi connectivity index (χ0) is 27.7. The van der Waals surface area contributed by atoms with Crippen LogP contribution < -0.4 is 4.90 Å². The molecular weight excluding hydrogens is 486 g/mol. The van der Waals surface area contributed by atoms with E-state index in [9.17, 15) is 19.8 Å². The fourth-order valence-corrected chi connectivity index (χ4v) is 10.7. The number of hydrogen-bond donors (Lipinski definition) is 2. The number of carbonyl (C=O) groups is 2. The van der Waals surface area contributed by atoms with Crippen molar-refractivity contribution in [3.05, 3.63) is 29.3 Å². The van der Waals surface area contributed by atoms with Crippen molar-refractivity contribution < 1.29 is 19.8 Å². The summed E-state index contributed by atoms with van der Waals surface area (Å²) in [5.41, 5.74) is 3.33. The zero-order valence-electron chi connectivity index (χ0n) is 24.5. The Labute approximate surface area is 234 Å². The first kappa shape index (κ1) is 27.4. The molecule has 6 rings (SSSR count). The van der Waals surface area contributed by atoms with Crippen molar-refractivity contribution in [1.29, 1.82) is 0 Å². The first-order chi connectivity index (χ1) is 18.5. The molecule has 4 fully saturated rings. The number of hydrogen-bond acceptors (Lipinski definition) is 4. The second kappa shape index (κ2) is 9.98. The van der Waals surface area contributed by atoms with Gasteiger partial charge in [-0.1, -0.05) is 20.8 Å². The van der Waals surface area contributed by atoms with Gasteiger partial charge in [0.05, 0.1) is 12.2 Å². The summed E-state index contributed by atoms with van der Waals surface area (Å²) in [5, 5.41) is 21.9. The normalized spacial score (nSPS) is 41.8. The number of amides is 1. The lowest BCUT2D eigenvalue weighted by atomic mass is 9.43. The van der Waals surface area contributed by atoms with Gasteiger partial charge in [0.2, 0.25) is 5.91 Å². The smallest absolute Gasteiger partial charge is 0.227 e. The third-order valence-electron chi connectivity index (χ3n) is 12.9. The van der Waals surface area contributed by atoms with Gasteiger partial charge in [-0.05, 0) is 141 Å². The zero-order valence-corrected chi connectivity index (χ0v) is 24.5. The molecule has 39 heavy (non-hydrogen) atoms. The van der Waals surface area contributed by atoms with Crippen LogP contribution in [0.25, 0.3) is 0 Å². The standard InChI is InChI=1S/C34H49NO4/c1-20(5-10-31(39)35-16-13-23-17-22(21(2)36)6-9-29(23)35)26-7-8-27-32-28(12-15-34(26,27)4)33(3)14-11-25(37)18-24(33)19-30(32)38/h6,9,17,20,24-28,30,32,37-38H,5,7-8,10-16,18-19H2,1-4H3/t20-,24+,25-,26-,27+,28+,30-,32+,33+,34-/m1/s1.